The molecule has 7 nitrogen and oxygen atoms in total. The van der Waals surface area contributed by atoms with Gasteiger partial charge in [-0.25, -0.2) is 9.86 Å². The van der Waals surface area contributed by atoms with Gasteiger partial charge in [-0.15, -0.1) is 0 Å². The number of morpholine rings is 1. The van der Waals surface area contributed by atoms with Gasteiger partial charge in [-0.05, 0) is 23.8 Å². The topological polar surface area (TPSA) is 90.3 Å². The number of aliphatic carboxylic acids is 1. The van der Waals surface area contributed by atoms with Crippen molar-refractivity contribution in [2.24, 2.45) is 0 Å². The minimum atomic E-state index is -1.09. The fraction of sp³-hybridized carbons (Fsp3) is 0.429. The van der Waals surface area contributed by atoms with Crippen LogP contribution in [0.15, 0.2) is 18.2 Å². The van der Waals surface area contributed by atoms with Crippen molar-refractivity contribution in [3.8, 4) is 0 Å². The molecule has 7 heteroatoms. The predicted molar refractivity (Wildman–Crippen MR) is 72.6 cm³/mol. The summed E-state index contributed by atoms with van der Waals surface area (Å²) in [5, 5.41) is 19.6. The molecule has 0 radical (unpaired) electrons. The van der Waals surface area contributed by atoms with E-state index in [0.29, 0.717) is 43.1 Å². The number of hydrogen-bond donors (Lipinski definition) is 2. The SMILES string of the molecule is O=C(O)C1Cc2cc(C(=O)N3CCOCC3)ccc2N1O. The Hall–Kier alpha value is -2.12. The van der Waals surface area contributed by atoms with Gasteiger partial charge in [0.15, 0.2) is 6.04 Å². The van der Waals surface area contributed by atoms with Crippen molar-refractivity contribution in [3.05, 3.63) is 29.3 Å². The molecule has 2 aliphatic rings. The normalized spacial score (nSPS) is 21.3. The summed E-state index contributed by atoms with van der Waals surface area (Å²) in [6, 6.07) is 3.88. The van der Waals surface area contributed by atoms with Gasteiger partial charge < -0.3 is 14.7 Å². The Morgan fingerprint density at radius 1 is 1.24 bits per heavy atom. The molecule has 21 heavy (non-hydrogen) atoms. The van der Waals surface area contributed by atoms with Gasteiger partial charge in [0.1, 0.15) is 0 Å². The van der Waals surface area contributed by atoms with E-state index >= 15 is 0 Å². The standard InChI is InChI=1S/C14H16N2O5/c17-13(15-3-5-21-6-4-15)9-1-2-11-10(7-9)8-12(14(18)19)16(11)20/h1-2,7,12,20H,3-6,8H2,(H,18,19). The average Bonchev–Trinajstić information content (AvgIpc) is 2.84. The van der Waals surface area contributed by atoms with Crippen LogP contribution in [0.3, 0.4) is 0 Å². The van der Waals surface area contributed by atoms with E-state index in [9.17, 15) is 14.8 Å². The van der Waals surface area contributed by atoms with Crippen molar-refractivity contribution in [3.63, 3.8) is 0 Å². The van der Waals surface area contributed by atoms with Gasteiger partial charge in [0, 0.05) is 25.1 Å². The zero-order valence-corrected chi connectivity index (χ0v) is 11.4. The highest BCUT2D eigenvalue weighted by Crippen LogP contribution is 2.31. The first-order valence-corrected chi connectivity index (χ1v) is 6.79. The largest absolute Gasteiger partial charge is 0.480 e. The fourth-order valence-electron chi connectivity index (χ4n) is 2.71. The number of benzene rings is 1. The average molecular weight is 292 g/mol. The first kappa shape index (κ1) is 13.8. The minimum Gasteiger partial charge on any atom is -0.480 e. The maximum absolute atomic E-state index is 12.4. The molecule has 2 heterocycles. The number of fused-ring (bicyclic) bond motifs is 1. The lowest BCUT2D eigenvalue weighted by Crippen LogP contribution is -2.40. The second-order valence-electron chi connectivity index (χ2n) is 5.15. The second-order valence-corrected chi connectivity index (χ2v) is 5.15. The van der Waals surface area contributed by atoms with Crippen LogP contribution in [0.25, 0.3) is 0 Å². The van der Waals surface area contributed by atoms with Gasteiger partial charge in [-0.2, -0.15) is 0 Å². The third-order valence-electron chi connectivity index (χ3n) is 3.87. The molecule has 0 spiro atoms. The Bertz CT molecular complexity index is 583. The monoisotopic (exact) mass is 292 g/mol. The van der Waals surface area contributed by atoms with E-state index in [-0.39, 0.29) is 12.3 Å². The number of carbonyl (C=O) groups is 2. The van der Waals surface area contributed by atoms with E-state index in [4.69, 9.17) is 9.84 Å². The number of carboxylic acids is 1. The highest BCUT2D eigenvalue weighted by Gasteiger charge is 2.34. The lowest BCUT2D eigenvalue weighted by molar-refractivity contribution is -0.139. The van der Waals surface area contributed by atoms with Crippen LogP contribution in [0, 0.1) is 0 Å². The molecule has 1 unspecified atom stereocenters. The molecule has 1 fully saturated rings. The Morgan fingerprint density at radius 3 is 2.62 bits per heavy atom. The Labute approximate surface area is 121 Å². The van der Waals surface area contributed by atoms with Gasteiger partial charge in [0.05, 0.1) is 18.9 Å². The van der Waals surface area contributed by atoms with E-state index < -0.39 is 12.0 Å². The summed E-state index contributed by atoms with van der Waals surface area (Å²) in [5.74, 6) is -1.18. The Morgan fingerprint density at radius 2 is 1.95 bits per heavy atom. The van der Waals surface area contributed by atoms with E-state index in [2.05, 4.69) is 0 Å². The molecule has 0 saturated carbocycles. The quantitative estimate of drug-likeness (QED) is 0.818. The van der Waals surface area contributed by atoms with E-state index in [1.165, 1.54) is 0 Å². The van der Waals surface area contributed by atoms with Crippen LogP contribution in [0.2, 0.25) is 0 Å². The molecule has 0 aromatic heterocycles. The number of nitrogens with zero attached hydrogens (tertiary/aromatic N) is 2. The molecular weight excluding hydrogens is 276 g/mol. The van der Waals surface area contributed by atoms with Crippen LogP contribution < -0.4 is 5.06 Å². The van der Waals surface area contributed by atoms with Gasteiger partial charge in [0.2, 0.25) is 0 Å². The maximum Gasteiger partial charge on any atom is 0.329 e. The predicted octanol–water partition coefficient (Wildman–Crippen LogP) is 0.364. The van der Waals surface area contributed by atoms with Gasteiger partial charge in [-0.3, -0.25) is 10.0 Å². The second kappa shape index (κ2) is 5.34. The van der Waals surface area contributed by atoms with Crippen molar-refractivity contribution in [1.29, 1.82) is 0 Å². The molecule has 112 valence electrons. The van der Waals surface area contributed by atoms with Crippen LogP contribution in [-0.4, -0.2) is 59.4 Å². The lowest BCUT2D eigenvalue weighted by Gasteiger charge is -2.27. The first-order valence-electron chi connectivity index (χ1n) is 6.79. The van der Waals surface area contributed by atoms with Gasteiger partial charge >= 0.3 is 5.97 Å². The Balaban J connectivity index is 1.83. The minimum absolute atomic E-state index is 0.0932. The molecule has 2 aliphatic heterocycles. The molecule has 1 amide bonds. The van der Waals surface area contributed by atoms with E-state index in [0.717, 1.165) is 5.06 Å². The molecule has 1 atom stereocenters. The molecule has 1 saturated heterocycles. The molecule has 1 aromatic rings. The Kier molecular flexibility index (Phi) is 3.52. The number of rotatable bonds is 2. The van der Waals surface area contributed by atoms with Crippen molar-refractivity contribution >= 4 is 17.6 Å². The zero-order chi connectivity index (χ0) is 15.0. The van der Waals surface area contributed by atoms with E-state index in [1.54, 1.807) is 23.1 Å². The van der Waals surface area contributed by atoms with Crippen LogP contribution in [-0.2, 0) is 16.0 Å². The fourth-order valence-corrected chi connectivity index (χ4v) is 2.71. The summed E-state index contributed by atoms with van der Waals surface area (Å²) >= 11 is 0. The number of carboxylic acid groups (broad SMARTS) is 1. The third kappa shape index (κ3) is 2.45. The van der Waals surface area contributed by atoms with Crippen molar-refractivity contribution in [2.75, 3.05) is 31.4 Å². The molecular formula is C14H16N2O5. The summed E-state index contributed by atoms with van der Waals surface area (Å²) in [6.07, 6.45) is 0.186. The molecule has 0 aliphatic carbocycles. The van der Waals surface area contributed by atoms with Crippen LogP contribution in [0.5, 0.6) is 0 Å². The van der Waals surface area contributed by atoms with E-state index in [1.807, 2.05) is 0 Å². The summed E-state index contributed by atoms with van der Waals surface area (Å²) in [7, 11) is 0. The van der Waals surface area contributed by atoms with Crippen molar-refractivity contribution < 1.29 is 24.6 Å². The highest BCUT2D eigenvalue weighted by atomic mass is 16.5. The van der Waals surface area contributed by atoms with Crippen molar-refractivity contribution in [1.82, 2.24) is 4.90 Å². The molecule has 2 N–H and O–H groups in total. The highest BCUT2D eigenvalue weighted by molar-refractivity contribution is 5.95. The summed E-state index contributed by atoms with van der Waals surface area (Å²) in [5.41, 5.74) is 1.63. The zero-order valence-electron chi connectivity index (χ0n) is 11.4. The van der Waals surface area contributed by atoms with Crippen molar-refractivity contribution in [2.45, 2.75) is 12.5 Å². The van der Waals surface area contributed by atoms with Crippen LogP contribution in [0.1, 0.15) is 15.9 Å². The smallest absolute Gasteiger partial charge is 0.329 e. The number of hydrogen-bond acceptors (Lipinski definition) is 5. The summed E-state index contributed by atoms with van der Waals surface area (Å²) < 4.78 is 5.22. The summed E-state index contributed by atoms with van der Waals surface area (Å²) in [4.78, 5) is 25.1. The van der Waals surface area contributed by atoms with Crippen LogP contribution in [0.4, 0.5) is 5.69 Å². The molecule has 1 aromatic carbocycles. The number of anilines is 1. The summed E-state index contributed by atoms with van der Waals surface area (Å²) in [6.45, 7) is 2.17. The maximum atomic E-state index is 12.4. The number of hydroxylamine groups is 1. The number of amides is 1. The molecule has 3 rings (SSSR count). The third-order valence-corrected chi connectivity index (χ3v) is 3.87. The number of carbonyl (C=O) groups excluding carboxylic acids is 1. The first-order chi connectivity index (χ1) is 10.1. The lowest BCUT2D eigenvalue weighted by atomic mass is 10.1. The number of ether oxygens (including phenoxy) is 1. The van der Waals surface area contributed by atoms with Crippen LogP contribution >= 0.6 is 0 Å². The van der Waals surface area contributed by atoms with Gasteiger partial charge in [-0.1, -0.05) is 0 Å². The molecule has 0 bridgehead atoms. The van der Waals surface area contributed by atoms with Gasteiger partial charge in [0.25, 0.3) is 5.91 Å².